The molecular weight excluding hydrogens is 171 g/mol. The van der Waals surface area contributed by atoms with Gasteiger partial charge in [-0.05, 0) is 0 Å². The van der Waals surface area contributed by atoms with E-state index < -0.39 is 12.7 Å². The summed E-state index contributed by atoms with van der Waals surface area (Å²) in [5.41, 5.74) is 0. The second-order valence-corrected chi connectivity index (χ2v) is 2.06. The maximum absolute atomic E-state index is 11.6. The molecule has 0 aliphatic heterocycles. The Kier molecular flexibility index (Phi) is 2.47. The zero-order valence-corrected chi connectivity index (χ0v) is 5.97. The minimum atomic E-state index is -4.22. The molecule has 0 aromatic carbocycles. The fourth-order valence-electron chi connectivity index (χ4n) is 0.581. The van der Waals surface area contributed by atoms with Crippen molar-refractivity contribution in [2.75, 3.05) is 11.9 Å². The van der Waals surface area contributed by atoms with Crippen LogP contribution >= 0.6 is 0 Å². The van der Waals surface area contributed by atoms with Crippen molar-refractivity contribution >= 4 is 5.82 Å². The Labute approximate surface area is 66.6 Å². The van der Waals surface area contributed by atoms with Gasteiger partial charge in [0, 0.05) is 12.4 Å². The van der Waals surface area contributed by atoms with Gasteiger partial charge in [0.15, 0.2) is 0 Å². The summed E-state index contributed by atoms with van der Waals surface area (Å²) in [6.07, 6.45) is -0.291. The number of hydrogen-bond acceptors (Lipinski definition) is 3. The quantitative estimate of drug-likeness (QED) is 0.742. The molecule has 0 aliphatic carbocycles. The third-order valence-corrected chi connectivity index (χ3v) is 1.03. The monoisotopic (exact) mass is 177 g/mol. The van der Waals surface area contributed by atoms with E-state index in [0.717, 1.165) is 0 Å². The van der Waals surface area contributed by atoms with Gasteiger partial charge in [0.1, 0.15) is 12.4 Å². The second-order valence-electron chi connectivity index (χ2n) is 2.06. The molecule has 0 atom stereocenters. The van der Waals surface area contributed by atoms with E-state index in [1.165, 1.54) is 18.6 Å². The van der Waals surface area contributed by atoms with Crippen molar-refractivity contribution in [3.8, 4) is 0 Å². The van der Waals surface area contributed by atoms with Gasteiger partial charge in [-0.1, -0.05) is 0 Å². The SMILES string of the molecule is FC(F)(F)CNc1cnccn1. The van der Waals surface area contributed by atoms with Crippen LogP contribution < -0.4 is 5.32 Å². The van der Waals surface area contributed by atoms with Crippen molar-refractivity contribution in [2.45, 2.75) is 6.18 Å². The van der Waals surface area contributed by atoms with Gasteiger partial charge in [0.2, 0.25) is 0 Å². The summed E-state index contributed by atoms with van der Waals surface area (Å²) in [6.45, 7) is -1.09. The molecule has 1 aromatic heterocycles. The van der Waals surface area contributed by atoms with Crippen molar-refractivity contribution in [1.82, 2.24) is 9.97 Å². The van der Waals surface area contributed by atoms with E-state index >= 15 is 0 Å². The molecule has 1 aromatic rings. The molecule has 12 heavy (non-hydrogen) atoms. The summed E-state index contributed by atoms with van der Waals surface area (Å²) in [5.74, 6) is 0.120. The number of halogens is 3. The van der Waals surface area contributed by atoms with Gasteiger partial charge < -0.3 is 5.32 Å². The summed E-state index contributed by atoms with van der Waals surface area (Å²) in [6, 6.07) is 0. The largest absolute Gasteiger partial charge is 0.405 e. The van der Waals surface area contributed by atoms with Crippen molar-refractivity contribution in [3.05, 3.63) is 18.6 Å². The molecule has 1 heterocycles. The summed E-state index contributed by atoms with van der Waals surface area (Å²) in [4.78, 5) is 7.20. The zero-order chi connectivity index (χ0) is 9.03. The molecule has 1 rings (SSSR count). The summed E-state index contributed by atoms with van der Waals surface area (Å²) in [5, 5.41) is 2.09. The highest BCUT2D eigenvalue weighted by atomic mass is 19.4. The van der Waals surface area contributed by atoms with Crippen molar-refractivity contribution in [3.63, 3.8) is 0 Å². The maximum Gasteiger partial charge on any atom is 0.405 e. The van der Waals surface area contributed by atoms with Gasteiger partial charge in [-0.3, -0.25) is 4.98 Å². The predicted molar refractivity (Wildman–Crippen MR) is 36.6 cm³/mol. The van der Waals surface area contributed by atoms with E-state index in [2.05, 4.69) is 15.3 Å². The first-order chi connectivity index (χ1) is 5.58. The maximum atomic E-state index is 11.6. The zero-order valence-electron chi connectivity index (χ0n) is 5.97. The average Bonchev–Trinajstić information content (AvgIpc) is 2.02. The van der Waals surface area contributed by atoms with Crippen LogP contribution in [-0.4, -0.2) is 22.7 Å². The Morgan fingerprint density at radius 2 is 2.08 bits per heavy atom. The number of nitrogens with zero attached hydrogens (tertiary/aromatic N) is 2. The minimum Gasteiger partial charge on any atom is -0.360 e. The molecule has 6 heteroatoms. The van der Waals surface area contributed by atoms with Crippen LogP contribution in [0.5, 0.6) is 0 Å². The Hall–Kier alpha value is -1.33. The lowest BCUT2D eigenvalue weighted by atomic mass is 10.6. The minimum absolute atomic E-state index is 0.120. The third-order valence-electron chi connectivity index (χ3n) is 1.03. The molecule has 0 fully saturated rings. The van der Waals surface area contributed by atoms with Crippen molar-refractivity contribution in [1.29, 1.82) is 0 Å². The van der Waals surface area contributed by atoms with E-state index in [4.69, 9.17) is 0 Å². The second kappa shape index (κ2) is 3.38. The molecule has 0 saturated carbocycles. The van der Waals surface area contributed by atoms with Gasteiger partial charge in [0.05, 0.1) is 6.20 Å². The van der Waals surface area contributed by atoms with E-state index in [-0.39, 0.29) is 5.82 Å². The normalized spacial score (nSPS) is 11.2. The number of alkyl halides is 3. The Morgan fingerprint density at radius 3 is 2.58 bits per heavy atom. The lowest BCUT2D eigenvalue weighted by molar-refractivity contribution is -0.115. The smallest absolute Gasteiger partial charge is 0.360 e. The van der Waals surface area contributed by atoms with Crippen molar-refractivity contribution in [2.24, 2.45) is 0 Å². The number of aromatic nitrogens is 2. The van der Waals surface area contributed by atoms with Crippen LogP contribution in [0.2, 0.25) is 0 Å². The van der Waals surface area contributed by atoms with Crippen LogP contribution in [-0.2, 0) is 0 Å². The molecule has 0 amide bonds. The number of hydrogen-bond donors (Lipinski definition) is 1. The molecule has 66 valence electrons. The van der Waals surface area contributed by atoms with E-state index in [9.17, 15) is 13.2 Å². The van der Waals surface area contributed by atoms with E-state index in [0.29, 0.717) is 0 Å². The van der Waals surface area contributed by atoms with E-state index in [1.807, 2.05) is 0 Å². The molecule has 0 aliphatic rings. The number of nitrogens with one attached hydrogen (secondary N) is 1. The Balaban J connectivity index is 2.44. The predicted octanol–water partition coefficient (Wildman–Crippen LogP) is 1.45. The topological polar surface area (TPSA) is 37.8 Å². The first-order valence-corrected chi connectivity index (χ1v) is 3.14. The molecule has 0 saturated heterocycles. The first kappa shape index (κ1) is 8.76. The van der Waals surface area contributed by atoms with Gasteiger partial charge in [0.25, 0.3) is 0 Å². The highest BCUT2D eigenvalue weighted by Crippen LogP contribution is 2.14. The third kappa shape index (κ3) is 3.18. The van der Waals surface area contributed by atoms with Crippen LogP contribution in [0.4, 0.5) is 19.0 Å². The molecular formula is C6H6F3N3. The lowest BCUT2D eigenvalue weighted by Crippen LogP contribution is -2.21. The van der Waals surface area contributed by atoms with E-state index in [1.54, 1.807) is 0 Å². The van der Waals surface area contributed by atoms with Gasteiger partial charge >= 0.3 is 6.18 Å². The highest BCUT2D eigenvalue weighted by Gasteiger charge is 2.26. The van der Waals surface area contributed by atoms with Gasteiger partial charge in [-0.25, -0.2) is 4.98 Å². The molecule has 0 bridgehead atoms. The fourth-order valence-corrected chi connectivity index (χ4v) is 0.581. The van der Waals surface area contributed by atoms with Crippen molar-refractivity contribution < 1.29 is 13.2 Å². The number of rotatable bonds is 2. The van der Waals surface area contributed by atoms with Gasteiger partial charge in [-0.2, -0.15) is 13.2 Å². The summed E-state index contributed by atoms with van der Waals surface area (Å²) < 4.78 is 34.9. The Bertz CT molecular complexity index is 234. The summed E-state index contributed by atoms with van der Waals surface area (Å²) >= 11 is 0. The molecule has 1 N–H and O–H groups in total. The molecule has 0 spiro atoms. The van der Waals surface area contributed by atoms with Crippen LogP contribution in [0.1, 0.15) is 0 Å². The first-order valence-electron chi connectivity index (χ1n) is 3.14. The van der Waals surface area contributed by atoms with Crippen LogP contribution in [0.3, 0.4) is 0 Å². The highest BCUT2D eigenvalue weighted by molar-refractivity contribution is 5.29. The summed E-state index contributed by atoms with van der Waals surface area (Å²) in [7, 11) is 0. The molecule has 0 unspecified atom stereocenters. The molecule has 3 nitrogen and oxygen atoms in total. The number of anilines is 1. The Morgan fingerprint density at radius 1 is 1.33 bits per heavy atom. The van der Waals surface area contributed by atoms with Crippen LogP contribution in [0, 0.1) is 0 Å². The average molecular weight is 177 g/mol. The fraction of sp³-hybridized carbons (Fsp3) is 0.333. The van der Waals surface area contributed by atoms with Crippen LogP contribution in [0.25, 0.3) is 0 Å². The lowest BCUT2D eigenvalue weighted by Gasteiger charge is -2.07. The molecule has 0 radical (unpaired) electrons. The standard InChI is InChI=1S/C6H6F3N3/c7-6(8,9)4-12-5-3-10-1-2-11-5/h1-3H,4H2,(H,11,12). The van der Waals surface area contributed by atoms with Crippen LogP contribution in [0.15, 0.2) is 18.6 Å². The van der Waals surface area contributed by atoms with Gasteiger partial charge in [-0.15, -0.1) is 0 Å².